The van der Waals surface area contributed by atoms with Crippen molar-refractivity contribution in [2.45, 2.75) is 13.1 Å². The lowest BCUT2D eigenvalue weighted by atomic mass is 10.1. The normalized spacial score (nSPS) is 10.7. The quantitative estimate of drug-likeness (QED) is 0.382. The molecule has 160 valence electrons. The summed E-state index contributed by atoms with van der Waals surface area (Å²) in [5.74, 6) is 0.530. The summed E-state index contributed by atoms with van der Waals surface area (Å²) in [6, 6.07) is 17.4. The van der Waals surface area contributed by atoms with Crippen molar-refractivity contribution in [2.24, 2.45) is 0 Å². The summed E-state index contributed by atoms with van der Waals surface area (Å²) in [5, 5.41) is 11.8. The van der Waals surface area contributed by atoms with Crippen LogP contribution in [-0.4, -0.2) is 45.1 Å². The number of benzene rings is 2. The second-order valence-electron chi connectivity index (χ2n) is 7.51. The van der Waals surface area contributed by atoms with Crippen LogP contribution in [0.3, 0.4) is 0 Å². The molecule has 1 amide bonds. The van der Waals surface area contributed by atoms with Crippen LogP contribution in [0.5, 0.6) is 11.5 Å². The van der Waals surface area contributed by atoms with Gasteiger partial charge in [-0.2, -0.15) is 0 Å². The van der Waals surface area contributed by atoms with Crippen molar-refractivity contribution < 1.29 is 14.6 Å². The number of nitrogens with zero attached hydrogens (tertiary/aromatic N) is 4. The second-order valence-corrected chi connectivity index (χ2v) is 7.51. The molecule has 0 radical (unpaired) electrons. The van der Waals surface area contributed by atoms with Crippen LogP contribution in [0.2, 0.25) is 0 Å². The molecule has 4 aromatic rings. The van der Waals surface area contributed by atoms with Gasteiger partial charge in [-0.1, -0.05) is 30.7 Å². The molecule has 4 rings (SSSR count). The van der Waals surface area contributed by atoms with Crippen molar-refractivity contribution in [3.05, 3.63) is 72.1 Å². The number of phenolic OH excluding ortho intramolecular Hbond substituents is 1. The van der Waals surface area contributed by atoms with E-state index in [-0.39, 0.29) is 5.75 Å². The van der Waals surface area contributed by atoms with Crippen LogP contribution in [0.4, 0.5) is 4.79 Å². The number of hydrogen-bond donors (Lipinski definition) is 1. The van der Waals surface area contributed by atoms with Gasteiger partial charge in [0.1, 0.15) is 16.8 Å². The Labute approximate surface area is 185 Å². The van der Waals surface area contributed by atoms with E-state index in [4.69, 9.17) is 11.2 Å². The maximum atomic E-state index is 12.0. The van der Waals surface area contributed by atoms with Crippen molar-refractivity contribution in [3.63, 3.8) is 0 Å². The first-order chi connectivity index (χ1) is 15.5. The van der Waals surface area contributed by atoms with E-state index >= 15 is 0 Å². The molecular weight excluding hydrogens is 404 g/mol. The van der Waals surface area contributed by atoms with E-state index in [1.54, 1.807) is 38.6 Å². The molecule has 0 unspecified atom stereocenters. The SMILES string of the molecule is C#CN(Cc1ccc(O)c2ncccc12)Cc1ccc(OC(=O)N(C)C)c2ncccc12. The summed E-state index contributed by atoms with van der Waals surface area (Å²) in [6.45, 7) is 0.932. The smallest absolute Gasteiger partial charge is 0.414 e. The molecule has 0 fully saturated rings. The van der Waals surface area contributed by atoms with Crippen molar-refractivity contribution in [2.75, 3.05) is 14.1 Å². The minimum atomic E-state index is -0.470. The molecule has 7 nitrogen and oxygen atoms in total. The number of rotatable bonds is 5. The average molecular weight is 426 g/mol. The molecule has 0 aliphatic carbocycles. The third-order valence-electron chi connectivity index (χ3n) is 5.13. The first-order valence-corrected chi connectivity index (χ1v) is 10.0. The number of ether oxygens (including phenoxy) is 1. The molecule has 2 heterocycles. The zero-order valence-electron chi connectivity index (χ0n) is 17.8. The number of terminal acetylenes is 1. The van der Waals surface area contributed by atoms with Gasteiger partial charge in [0.25, 0.3) is 0 Å². The van der Waals surface area contributed by atoms with Gasteiger partial charge in [0.15, 0.2) is 5.75 Å². The fourth-order valence-corrected chi connectivity index (χ4v) is 3.52. The largest absolute Gasteiger partial charge is 0.506 e. The highest BCUT2D eigenvalue weighted by Crippen LogP contribution is 2.30. The van der Waals surface area contributed by atoms with Crippen LogP contribution in [0.1, 0.15) is 11.1 Å². The third-order valence-corrected chi connectivity index (χ3v) is 5.13. The summed E-state index contributed by atoms with van der Waals surface area (Å²) in [7, 11) is 3.25. The highest BCUT2D eigenvalue weighted by Gasteiger charge is 2.15. The standard InChI is InChI=1S/C25H22N4O3/c1-4-29(15-17-9-11-21(30)23-19(17)7-5-13-26-23)16-18-10-12-22(32-25(31)28(2)3)24-20(18)8-6-14-27-24/h1,5-14,30H,15-16H2,2-3H3. The van der Waals surface area contributed by atoms with Crippen LogP contribution in [0.25, 0.3) is 21.8 Å². The minimum Gasteiger partial charge on any atom is -0.506 e. The topological polar surface area (TPSA) is 78.8 Å². The van der Waals surface area contributed by atoms with Gasteiger partial charge >= 0.3 is 6.09 Å². The van der Waals surface area contributed by atoms with Crippen LogP contribution >= 0.6 is 0 Å². The van der Waals surface area contributed by atoms with Gasteiger partial charge in [0.05, 0.1) is 13.1 Å². The van der Waals surface area contributed by atoms with E-state index in [0.717, 1.165) is 21.9 Å². The van der Waals surface area contributed by atoms with Crippen LogP contribution in [0, 0.1) is 12.5 Å². The fourth-order valence-electron chi connectivity index (χ4n) is 3.52. The lowest BCUT2D eigenvalue weighted by Gasteiger charge is -2.20. The van der Waals surface area contributed by atoms with E-state index in [0.29, 0.717) is 29.9 Å². The van der Waals surface area contributed by atoms with Gasteiger partial charge in [-0.25, -0.2) is 4.79 Å². The Kier molecular flexibility index (Phi) is 5.77. The fraction of sp³-hybridized carbons (Fsp3) is 0.160. The van der Waals surface area contributed by atoms with E-state index in [2.05, 4.69) is 16.0 Å². The van der Waals surface area contributed by atoms with Crippen molar-refractivity contribution in [1.82, 2.24) is 19.8 Å². The first-order valence-electron chi connectivity index (χ1n) is 10.0. The molecule has 2 aromatic heterocycles. The van der Waals surface area contributed by atoms with Gasteiger partial charge in [0, 0.05) is 43.3 Å². The molecule has 2 aromatic carbocycles. The summed E-state index contributed by atoms with van der Waals surface area (Å²) >= 11 is 0. The third kappa shape index (κ3) is 4.12. The Balaban J connectivity index is 1.65. The van der Waals surface area contributed by atoms with Crippen LogP contribution < -0.4 is 4.74 Å². The molecule has 0 atom stereocenters. The number of hydrogen-bond acceptors (Lipinski definition) is 6. The molecule has 0 aliphatic heterocycles. The molecule has 0 saturated carbocycles. The number of fused-ring (bicyclic) bond motifs is 2. The molecule has 1 N–H and O–H groups in total. The number of pyridine rings is 2. The minimum absolute atomic E-state index is 0.136. The predicted octanol–water partition coefficient (Wildman–Crippen LogP) is 4.14. The van der Waals surface area contributed by atoms with Gasteiger partial charge in [-0.05, 0) is 35.4 Å². The van der Waals surface area contributed by atoms with E-state index in [9.17, 15) is 9.90 Å². The Morgan fingerprint density at radius 1 is 0.969 bits per heavy atom. The molecule has 0 bridgehead atoms. The molecule has 0 spiro atoms. The van der Waals surface area contributed by atoms with Gasteiger partial charge < -0.3 is 19.6 Å². The number of carbonyl (C=O) groups is 1. The number of aromatic hydroxyl groups is 1. The van der Waals surface area contributed by atoms with Crippen molar-refractivity contribution >= 4 is 27.9 Å². The predicted molar refractivity (Wildman–Crippen MR) is 123 cm³/mol. The second kappa shape index (κ2) is 8.82. The Morgan fingerprint density at radius 2 is 1.56 bits per heavy atom. The van der Waals surface area contributed by atoms with E-state index < -0.39 is 6.09 Å². The van der Waals surface area contributed by atoms with Crippen molar-refractivity contribution in [3.8, 4) is 24.0 Å². The van der Waals surface area contributed by atoms with Gasteiger partial charge in [0.2, 0.25) is 0 Å². The Morgan fingerprint density at radius 3 is 2.19 bits per heavy atom. The zero-order chi connectivity index (χ0) is 22.7. The summed E-state index contributed by atoms with van der Waals surface area (Å²) in [4.78, 5) is 23.9. The lowest BCUT2D eigenvalue weighted by molar-refractivity contribution is 0.172. The highest BCUT2D eigenvalue weighted by molar-refractivity contribution is 5.89. The number of phenols is 1. The van der Waals surface area contributed by atoms with E-state index in [1.165, 1.54) is 4.90 Å². The van der Waals surface area contributed by atoms with Gasteiger partial charge in [-0.3, -0.25) is 9.97 Å². The van der Waals surface area contributed by atoms with Crippen LogP contribution in [-0.2, 0) is 13.1 Å². The average Bonchev–Trinajstić information content (AvgIpc) is 2.81. The number of carbonyl (C=O) groups excluding carboxylic acids is 1. The highest BCUT2D eigenvalue weighted by atomic mass is 16.6. The monoisotopic (exact) mass is 426 g/mol. The number of amides is 1. The first kappa shape index (κ1) is 20.9. The lowest BCUT2D eigenvalue weighted by Crippen LogP contribution is -2.25. The molecular formula is C25H22N4O3. The van der Waals surface area contributed by atoms with E-state index in [1.807, 2.05) is 41.3 Å². The molecule has 0 aliphatic rings. The maximum Gasteiger partial charge on any atom is 0.414 e. The van der Waals surface area contributed by atoms with Crippen LogP contribution in [0.15, 0.2) is 60.9 Å². The Bertz CT molecular complexity index is 1340. The zero-order valence-corrected chi connectivity index (χ0v) is 17.8. The maximum absolute atomic E-state index is 12.0. The van der Waals surface area contributed by atoms with Crippen molar-refractivity contribution in [1.29, 1.82) is 0 Å². The molecule has 0 saturated heterocycles. The molecule has 32 heavy (non-hydrogen) atoms. The molecule has 7 heteroatoms. The number of aromatic nitrogens is 2. The van der Waals surface area contributed by atoms with Gasteiger partial charge in [-0.15, -0.1) is 0 Å². The summed E-state index contributed by atoms with van der Waals surface area (Å²) in [5.41, 5.74) is 3.06. The summed E-state index contributed by atoms with van der Waals surface area (Å²) < 4.78 is 5.47. The Hall–Kier alpha value is -4.31. The summed E-state index contributed by atoms with van der Waals surface area (Å²) in [6.07, 6.45) is 8.67.